The van der Waals surface area contributed by atoms with Gasteiger partial charge in [0.25, 0.3) is 0 Å². The second-order valence-electron chi connectivity index (χ2n) is 2.62. The first kappa shape index (κ1) is 5.71. The first-order chi connectivity index (χ1) is 4.88. The molecule has 2 nitrogen and oxygen atoms in total. The van der Waals surface area contributed by atoms with Gasteiger partial charge in [-0.15, -0.1) is 0 Å². The normalized spacial score (nSPS) is 17.0. The molecule has 2 heterocycles. The van der Waals surface area contributed by atoms with Crippen molar-refractivity contribution in [3.8, 4) is 0 Å². The highest BCUT2D eigenvalue weighted by Crippen LogP contribution is 2.13. The average Bonchev–Trinajstić information content (AvgIpc) is 2.36. The zero-order valence-corrected chi connectivity index (χ0v) is 5.71. The van der Waals surface area contributed by atoms with Crippen LogP contribution in [-0.2, 0) is 6.42 Å². The Kier molecular flexibility index (Phi) is 1.13. The molecule has 52 valence electrons. The van der Waals surface area contributed by atoms with E-state index in [9.17, 15) is 4.79 Å². The maximum Gasteiger partial charge on any atom is 0.230 e. The van der Waals surface area contributed by atoms with Crippen molar-refractivity contribution in [3.63, 3.8) is 0 Å². The maximum absolute atomic E-state index is 11.1. The van der Waals surface area contributed by atoms with Gasteiger partial charge in [0.05, 0.1) is 0 Å². The zero-order chi connectivity index (χ0) is 6.97. The van der Waals surface area contributed by atoms with Gasteiger partial charge in [-0.2, -0.15) is 0 Å². The number of carbonyl (C=O) groups excluding carboxylic acids is 1. The molecule has 0 bridgehead atoms. The molecule has 0 aromatic carbocycles. The monoisotopic (exact) mass is 135 g/mol. The molecule has 2 rings (SSSR count). The predicted octanol–water partition coefficient (Wildman–Crippen LogP) is 1.46. The van der Waals surface area contributed by atoms with E-state index in [1.165, 1.54) is 0 Å². The molecule has 0 radical (unpaired) electrons. The van der Waals surface area contributed by atoms with Crippen molar-refractivity contribution < 1.29 is 4.79 Å². The summed E-state index contributed by atoms with van der Waals surface area (Å²) in [4.78, 5) is 11.1. The van der Waals surface area contributed by atoms with Crippen molar-refractivity contribution in [2.45, 2.75) is 19.3 Å². The summed E-state index contributed by atoms with van der Waals surface area (Å²) in [6, 6.07) is 3.94. The van der Waals surface area contributed by atoms with Gasteiger partial charge in [0.1, 0.15) is 0 Å². The predicted molar refractivity (Wildman–Crippen MR) is 38.0 cm³/mol. The Hall–Kier alpha value is -1.05. The van der Waals surface area contributed by atoms with E-state index in [0.29, 0.717) is 6.42 Å². The van der Waals surface area contributed by atoms with Crippen molar-refractivity contribution >= 4 is 5.91 Å². The number of hydrogen-bond acceptors (Lipinski definition) is 1. The van der Waals surface area contributed by atoms with Gasteiger partial charge in [-0.25, -0.2) is 0 Å². The molecule has 0 unspecified atom stereocenters. The van der Waals surface area contributed by atoms with Crippen LogP contribution in [0, 0.1) is 0 Å². The Bertz CT molecular complexity index is 262. The van der Waals surface area contributed by atoms with E-state index >= 15 is 0 Å². The number of carbonyl (C=O) groups is 1. The zero-order valence-electron chi connectivity index (χ0n) is 5.71. The van der Waals surface area contributed by atoms with E-state index in [4.69, 9.17) is 0 Å². The van der Waals surface area contributed by atoms with Gasteiger partial charge >= 0.3 is 0 Å². The highest BCUT2D eigenvalue weighted by Gasteiger charge is 2.13. The maximum atomic E-state index is 11.1. The minimum Gasteiger partial charge on any atom is -0.292 e. The van der Waals surface area contributed by atoms with E-state index in [1.54, 1.807) is 4.57 Å². The van der Waals surface area contributed by atoms with Gasteiger partial charge in [0.2, 0.25) is 5.91 Å². The minimum atomic E-state index is 0.242. The van der Waals surface area contributed by atoms with Crippen LogP contribution in [0.4, 0.5) is 0 Å². The van der Waals surface area contributed by atoms with Crippen LogP contribution in [-0.4, -0.2) is 10.5 Å². The number of hydrogen-bond donors (Lipinski definition) is 0. The fraction of sp³-hybridized carbons (Fsp3) is 0.375. The second kappa shape index (κ2) is 1.97. The first-order valence-corrected chi connectivity index (χ1v) is 3.57. The molecule has 0 spiro atoms. The minimum absolute atomic E-state index is 0.242. The van der Waals surface area contributed by atoms with E-state index in [-0.39, 0.29) is 5.91 Å². The van der Waals surface area contributed by atoms with Crippen LogP contribution >= 0.6 is 0 Å². The first-order valence-electron chi connectivity index (χ1n) is 3.57. The Morgan fingerprint density at radius 1 is 1.40 bits per heavy atom. The molecule has 0 saturated carbocycles. The van der Waals surface area contributed by atoms with Gasteiger partial charge in [-0.3, -0.25) is 9.36 Å². The Morgan fingerprint density at radius 3 is 3.10 bits per heavy atom. The molecule has 1 aromatic rings. The van der Waals surface area contributed by atoms with Crippen LogP contribution in [0.15, 0.2) is 18.3 Å². The van der Waals surface area contributed by atoms with Crippen LogP contribution in [0.25, 0.3) is 0 Å². The molecule has 2 heteroatoms. The number of aryl methyl sites for hydroxylation is 1. The van der Waals surface area contributed by atoms with Gasteiger partial charge in [0, 0.05) is 18.3 Å². The standard InChI is InChI=1S/C8H9NO/c10-8-5-1-3-7-4-2-6-9(7)8/h2,4,6H,1,3,5H2. The SMILES string of the molecule is O=C1CCCc2cccn21. The van der Waals surface area contributed by atoms with Crippen molar-refractivity contribution in [1.29, 1.82) is 0 Å². The van der Waals surface area contributed by atoms with Crippen LogP contribution in [0.3, 0.4) is 0 Å². The molecule has 0 N–H and O–H groups in total. The summed E-state index contributed by atoms with van der Waals surface area (Å²) in [5.41, 5.74) is 1.16. The summed E-state index contributed by atoms with van der Waals surface area (Å²) in [5.74, 6) is 0.242. The number of fused-ring (bicyclic) bond motifs is 1. The second-order valence-corrected chi connectivity index (χ2v) is 2.62. The molecule has 1 aliphatic heterocycles. The van der Waals surface area contributed by atoms with Crippen LogP contribution in [0.1, 0.15) is 23.3 Å². The molecule has 1 aromatic heterocycles. The molecular formula is C8H9NO. The third kappa shape index (κ3) is 0.685. The van der Waals surface area contributed by atoms with Gasteiger partial charge < -0.3 is 0 Å². The third-order valence-corrected chi connectivity index (χ3v) is 1.93. The molecule has 0 atom stereocenters. The molecule has 0 amide bonds. The highest BCUT2D eigenvalue weighted by atomic mass is 16.2. The van der Waals surface area contributed by atoms with E-state index in [0.717, 1.165) is 18.5 Å². The Labute approximate surface area is 59.5 Å². The lowest BCUT2D eigenvalue weighted by Gasteiger charge is -2.12. The summed E-state index contributed by atoms with van der Waals surface area (Å²) >= 11 is 0. The molecular weight excluding hydrogens is 126 g/mol. The van der Waals surface area contributed by atoms with Gasteiger partial charge in [-0.05, 0) is 25.0 Å². The summed E-state index contributed by atoms with van der Waals surface area (Å²) in [5, 5.41) is 0. The number of rotatable bonds is 0. The summed E-state index contributed by atoms with van der Waals surface area (Å²) in [7, 11) is 0. The molecule has 0 fully saturated rings. The fourth-order valence-electron chi connectivity index (χ4n) is 1.40. The van der Waals surface area contributed by atoms with Crippen LogP contribution < -0.4 is 0 Å². The largest absolute Gasteiger partial charge is 0.292 e. The fourth-order valence-corrected chi connectivity index (χ4v) is 1.40. The van der Waals surface area contributed by atoms with E-state index in [1.807, 2.05) is 18.3 Å². The number of aromatic nitrogens is 1. The van der Waals surface area contributed by atoms with Crippen molar-refractivity contribution in [1.82, 2.24) is 4.57 Å². The highest BCUT2D eigenvalue weighted by molar-refractivity contribution is 5.80. The lowest BCUT2D eigenvalue weighted by atomic mass is 10.1. The number of nitrogens with zero attached hydrogens (tertiary/aromatic N) is 1. The molecule has 0 saturated heterocycles. The van der Waals surface area contributed by atoms with E-state index < -0.39 is 0 Å². The molecule has 1 aliphatic rings. The summed E-state index contributed by atoms with van der Waals surface area (Å²) in [6.45, 7) is 0. The van der Waals surface area contributed by atoms with Crippen LogP contribution in [0.2, 0.25) is 0 Å². The van der Waals surface area contributed by atoms with Crippen molar-refractivity contribution in [3.05, 3.63) is 24.0 Å². The topological polar surface area (TPSA) is 22.0 Å². The average molecular weight is 135 g/mol. The Balaban J connectivity index is 2.50. The van der Waals surface area contributed by atoms with Crippen LogP contribution in [0.5, 0.6) is 0 Å². The Morgan fingerprint density at radius 2 is 2.30 bits per heavy atom. The van der Waals surface area contributed by atoms with Crippen molar-refractivity contribution in [2.75, 3.05) is 0 Å². The lowest BCUT2D eigenvalue weighted by Crippen LogP contribution is -2.17. The molecule has 10 heavy (non-hydrogen) atoms. The smallest absolute Gasteiger partial charge is 0.230 e. The van der Waals surface area contributed by atoms with E-state index in [2.05, 4.69) is 0 Å². The quantitative estimate of drug-likeness (QED) is 0.528. The third-order valence-electron chi connectivity index (χ3n) is 1.93. The molecule has 0 aliphatic carbocycles. The summed E-state index contributed by atoms with van der Waals surface area (Å²) in [6.07, 6.45) is 4.63. The lowest BCUT2D eigenvalue weighted by molar-refractivity contribution is 0.0884. The van der Waals surface area contributed by atoms with Crippen molar-refractivity contribution in [2.24, 2.45) is 0 Å². The summed E-state index contributed by atoms with van der Waals surface area (Å²) < 4.78 is 1.75. The van der Waals surface area contributed by atoms with Gasteiger partial charge in [0.15, 0.2) is 0 Å². The van der Waals surface area contributed by atoms with Gasteiger partial charge in [-0.1, -0.05) is 0 Å².